The highest BCUT2D eigenvalue weighted by molar-refractivity contribution is 6.16. The zero-order valence-corrected chi connectivity index (χ0v) is 13.9. The number of halogens is 4. The van der Waals surface area contributed by atoms with Crippen LogP contribution < -0.4 is 10.6 Å². The molecule has 27 heavy (non-hydrogen) atoms. The number of aryl methyl sites for hydroxylation is 1. The van der Waals surface area contributed by atoms with Gasteiger partial charge in [-0.3, -0.25) is 9.59 Å². The standard InChI is InChI=1S/C18H13F4N3O2/c1-10-6-8-11(9-7-10)14-23-16(27)17(24-14,18(20,21)22)25-15(26)12-4-2-3-5-13(12)19/h2-9H,1H3,(H,25,26)(H,23,24,27). The molecule has 0 spiro atoms. The van der Waals surface area contributed by atoms with Gasteiger partial charge < -0.3 is 10.6 Å². The minimum absolute atomic E-state index is 0.236. The van der Waals surface area contributed by atoms with Gasteiger partial charge in [0.2, 0.25) is 0 Å². The summed E-state index contributed by atoms with van der Waals surface area (Å²) in [5.74, 6) is -4.34. The second-order valence-electron chi connectivity index (χ2n) is 5.92. The van der Waals surface area contributed by atoms with E-state index in [1.807, 2.05) is 5.32 Å². The minimum atomic E-state index is -5.25. The number of rotatable bonds is 3. The van der Waals surface area contributed by atoms with Crippen LogP contribution in [0.25, 0.3) is 0 Å². The first-order chi connectivity index (χ1) is 12.6. The molecule has 0 radical (unpaired) electrons. The first-order valence-electron chi connectivity index (χ1n) is 7.76. The molecule has 0 aromatic heterocycles. The van der Waals surface area contributed by atoms with Crippen molar-refractivity contribution in [2.24, 2.45) is 4.99 Å². The average Bonchev–Trinajstić information content (AvgIpc) is 2.93. The predicted octanol–water partition coefficient (Wildman–Crippen LogP) is 2.70. The van der Waals surface area contributed by atoms with E-state index in [-0.39, 0.29) is 11.4 Å². The molecule has 0 saturated heterocycles. The first-order valence-corrected chi connectivity index (χ1v) is 7.76. The molecule has 140 valence electrons. The van der Waals surface area contributed by atoms with Crippen LogP contribution in [-0.4, -0.2) is 29.5 Å². The molecule has 0 aliphatic carbocycles. The lowest BCUT2D eigenvalue weighted by Gasteiger charge is -2.27. The molecule has 1 heterocycles. The molecule has 1 unspecified atom stereocenters. The van der Waals surface area contributed by atoms with Gasteiger partial charge in [0, 0.05) is 5.56 Å². The van der Waals surface area contributed by atoms with Crippen LogP contribution in [-0.2, 0) is 4.79 Å². The molecule has 1 aliphatic heterocycles. The van der Waals surface area contributed by atoms with Crippen LogP contribution in [0.2, 0.25) is 0 Å². The van der Waals surface area contributed by atoms with Crippen LogP contribution in [0.1, 0.15) is 21.5 Å². The Morgan fingerprint density at radius 1 is 1.11 bits per heavy atom. The van der Waals surface area contributed by atoms with Crippen molar-refractivity contribution in [1.29, 1.82) is 0 Å². The second-order valence-corrected chi connectivity index (χ2v) is 5.92. The van der Waals surface area contributed by atoms with E-state index in [9.17, 15) is 27.2 Å². The van der Waals surface area contributed by atoms with Crippen LogP contribution in [0.15, 0.2) is 53.5 Å². The fourth-order valence-corrected chi connectivity index (χ4v) is 2.52. The van der Waals surface area contributed by atoms with Crippen molar-refractivity contribution >= 4 is 17.6 Å². The molecule has 3 rings (SSSR count). The lowest BCUT2D eigenvalue weighted by Crippen LogP contribution is -2.63. The molecule has 2 aromatic rings. The second kappa shape index (κ2) is 6.49. The third kappa shape index (κ3) is 3.27. The van der Waals surface area contributed by atoms with E-state index in [1.165, 1.54) is 24.3 Å². The first kappa shape index (κ1) is 18.6. The van der Waals surface area contributed by atoms with E-state index < -0.39 is 35.0 Å². The largest absolute Gasteiger partial charge is 0.442 e. The van der Waals surface area contributed by atoms with Crippen molar-refractivity contribution in [3.63, 3.8) is 0 Å². The van der Waals surface area contributed by atoms with Gasteiger partial charge in [-0.15, -0.1) is 0 Å². The zero-order valence-electron chi connectivity index (χ0n) is 13.9. The zero-order chi connectivity index (χ0) is 19.8. The fraction of sp³-hybridized carbons (Fsp3) is 0.167. The number of amides is 2. The van der Waals surface area contributed by atoms with E-state index in [0.717, 1.165) is 17.7 Å². The number of carbonyl (C=O) groups excluding carboxylic acids is 2. The minimum Gasteiger partial charge on any atom is -0.312 e. The molecule has 0 saturated carbocycles. The Labute approximate surface area is 151 Å². The Bertz CT molecular complexity index is 938. The summed E-state index contributed by atoms with van der Waals surface area (Å²) in [5.41, 5.74) is -3.08. The van der Waals surface area contributed by atoms with Crippen LogP contribution in [0.3, 0.4) is 0 Å². The Balaban J connectivity index is 2.03. The lowest BCUT2D eigenvalue weighted by molar-refractivity contribution is -0.192. The highest BCUT2D eigenvalue weighted by Gasteiger charge is 2.65. The Kier molecular flexibility index (Phi) is 4.46. The average molecular weight is 379 g/mol. The maximum atomic E-state index is 13.7. The maximum absolute atomic E-state index is 13.7. The van der Waals surface area contributed by atoms with Crippen molar-refractivity contribution in [3.05, 3.63) is 71.0 Å². The van der Waals surface area contributed by atoms with E-state index >= 15 is 0 Å². The van der Waals surface area contributed by atoms with Crippen molar-refractivity contribution in [2.75, 3.05) is 0 Å². The predicted molar refractivity (Wildman–Crippen MR) is 88.5 cm³/mol. The molecule has 2 aromatic carbocycles. The number of alkyl halides is 3. The smallest absolute Gasteiger partial charge is 0.312 e. The monoisotopic (exact) mass is 379 g/mol. The number of hydrogen-bond acceptors (Lipinski definition) is 3. The van der Waals surface area contributed by atoms with Crippen molar-refractivity contribution in [1.82, 2.24) is 10.6 Å². The maximum Gasteiger partial charge on any atom is 0.442 e. The summed E-state index contributed by atoms with van der Waals surface area (Å²) in [4.78, 5) is 27.8. The highest BCUT2D eigenvalue weighted by Crippen LogP contribution is 2.35. The molecule has 1 atom stereocenters. The quantitative estimate of drug-likeness (QED) is 0.805. The van der Waals surface area contributed by atoms with Gasteiger partial charge in [0.25, 0.3) is 11.8 Å². The normalized spacial score (nSPS) is 19.4. The molecule has 2 amide bonds. The number of hydrogen-bond donors (Lipinski definition) is 2. The molecule has 5 nitrogen and oxygen atoms in total. The SMILES string of the molecule is Cc1ccc(C2=NC(NC(=O)c3ccccc3F)(C(F)(F)F)C(=O)N2)cc1. The molecule has 1 aliphatic rings. The van der Waals surface area contributed by atoms with E-state index in [4.69, 9.17) is 0 Å². The lowest BCUT2D eigenvalue weighted by atomic mass is 10.1. The summed E-state index contributed by atoms with van der Waals surface area (Å²) in [6, 6.07) is 10.7. The Morgan fingerprint density at radius 2 is 1.74 bits per heavy atom. The topological polar surface area (TPSA) is 70.6 Å². The number of aliphatic imine (C=N–C) groups is 1. The molecule has 0 fully saturated rings. The molecule has 9 heteroatoms. The van der Waals surface area contributed by atoms with Gasteiger partial charge in [0.1, 0.15) is 11.7 Å². The number of carbonyl (C=O) groups is 2. The Morgan fingerprint density at radius 3 is 2.33 bits per heavy atom. The molecule has 2 N–H and O–H groups in total. The number of nitrogens with one attached hydrogen (secondary N) is 2. The third-order valence-corrected chi connectivity index (χ3v) is 3.99. The van der Waals surface area contributed by atoms with Gasteiger partial charge in [-0.1, -0.05) is 42.0 Å². The number of nitrogens with zero attached hydrogens (tertiary/aromatic N) is 1. The van der Waals surface area contributed by atoms with Crippen LogP contribution in [0.5, 0.6) is 0 Å². The van der Waals surface area contributed by atoms with Crippen molar-refractivity contribution in [2.45, 2.75) is 18.8 Å². The molecular weight excluding hydrogens is 366 g/mol. The van der Waals surface area contributed by atoms with Gasteiger partial charge in [-0.25, -0.2) is 9.38 Å². The van der Waals surface area contributed by atoms with E-state index in [1.54, 1.807) is 24.4 Å². The molecular formula is C18H13F4N3O2. The summed E-state index contributed by atoms with van der Waals surface area (Å²) in [6.45, 7) is 1.79. The number of benzene rings is 2. The van der Waals surface area contributed by atoms with Crippen molar-refractivity contribution < 1.29 is 27.2 Å². The third-order valence-electron chi connectivity index (χ3n) is 3.99. The van der Waals surface area contributed by atoms with Crippen LogP contribution in [0.4, 0.5) is 17.6 Å². The summed E-state index contributed by atoms with van der Waals surface area (Å²) >= 11 is 0. The van der Waals surface area contributed by atoms with E-state index in [0.29, 0.717) is 0 Å². The summed E-state index contributed by atoms with van der Waals surface area (Å²) < 4.78 is 54.9. The van der Waals surface area contributed by atoms with Crippen molar-refractivity contribution in [3.8, 4) is 0 Å². The highest BCUT2D eigenvalue weighted by atomic mass is 19.4. The van der Waals surface area contributed by atoms with Crippen LogP contribution >= 0.6 is 0 Å². The summed E-state index contributed by atoms with van der Waals surface area (Å²) in [7, 11) is 0. The molecule has 0 bridgehead atoms. The number of amidine groups is 1. The van der Waals surface area contributed by atoms with Gasteiger partial charge in [0.15, 0.2) is 0 Å². The van der Waals surface area contributed by atoms with Gasteiger partial charge in [-0.2, -0.15) is 13.2 Å². The van der Waals surface area contributed by atoms with E-state index in [2.05, 4.69) is 4.99 Å². The van der Waals surface area contributed by atoms with Gasteiger partial charge in [-0.05, 0) is 19.1 Å². The van der Waals surface area contributed by atoms with Gasteiger partial charge in [0.05, 0.1) is 5.56 Å². The van der Waals surface area contributed by atoms with Gasteiger partial charge >= 0.3 is 11.8 Å². The summed E-state index contributed by atoms with van der Waals surface area (Å²) in [5, 5.41) is 3.59. The fourth-order valence-electron chi connectivity index (χ4n) is 2.52. The Hall–Kier alpha value is -3.23. The van der Waals surface area contributed by atoms with Crippen LogP contribution in [0, 0.1) is 12.7 Å². The summed E-state index contributed by atoms with van der Waals surface area (Å²) in [6.07, 6.45) is -5.25.